The summed E-state index contributed by atoms with van der Waals surface area (Å²) < 4.78 is 5.39. The number of hydrogen-bond donors (Lipinski definition) is 2. The molecule has 2 N–H and O–H groups in total. The lowest BCUT2D eigenvalue weighted by atomic mass is 10.2. The van der Waals surface area contributed by atoms with Crippen molar-refractivity contribution in [3.05, 3.63) is 28.0 Å². The third-order valence-electron chi connectivity index (χ3n) is 3.94. The van der Waals surface area contributed by atoms with Crippen LogP contribution in [0.2, 0.25) is 0 Å². The number of rotatable bonds is 5. The molecule has 0 bridgehead atoms. The predicted molar refractivity (Wildman–Crippen MR) is 86.4 cm³/mol. The first-order chi connectivity index (χ1) is 10.7. The van der Waals surface area contributed by atoms with Gasteiger partial charge in [-0.05, 0) is 19.8 Å². The van der Waals surface area contributed by atoms with Crippen molar-refractivity contribution < 1.29 is 9.21 Å². The van der Waals surface area contributed by atoms with Gasteiger partial charge in [-0.25, -0.2) is 4.98 Å². The molecule has 2 heterocycles. The second kappa shape index (κ2) is 6.56. The number of carbonyl (C=O) groups is 1. The number of aryl methyl sites for hydroxylation is 1. The Labute approximate surface area is 132 Å². The molecule has 118 valence electrons. The SMILES string of the molecule is Cc1oc2nc[nH]c(=O)c2c1C(=O)NCCSC1CCCC1. The Morgan fingerprint density at radius 2 is 2.27 bits per heavy atom. The van der Waals surface area contributed by atoms with Gasteiger partial charge in [0.1, 0.15) is 11.1 Å². The number of fused-ring (bicyclic) bond motifs is 1. The summed E-state index contributed by atoms with van der Waals surface area (Å²) in [6.07, 6.45) is 6.48. The van der Waals surface area contributed by atoms with Crippen molar-refractivity contribution in [2.75, 3.05) is 12.3 Å². The largest absolute Gasteiger partial charge is 0.442 e. The minimum atomic E-state index is -0.354. The van der Waals surface area contributed by atoms with Crippen molar-refractivity contribution in [1.82, 2.24) is 15.3 Å². The highest BCUT2D eigenvalue weighted by atomic mass is 32.2. The van der Waals surface area contributed by atoms with E-state index in [4.69, 9.17) is 4.42 Å². The van der Waals surface area contributed by atoms with Crippen molar-refractivity contribution in [3.63, 3.8) is 0 Å². The van der Waals surface area contributed by atoms with Gasteiger partial charge in [-0.2, -0.15) is 11.8 Å². The van der Waals surface area contributed by atoms with Gasteiger partial charge in [0.25, 0.3) is 11.5 Å². The molecule has 1 fully saturated rings. The summed E-state index contributed by atoms with van der Waals surface area (Å²) in [6, 6.07) is 0. The fourth-order valence-electron chi connectivity index (χ4n) is 2.86. The Morgan fingerprint density at radius 1 is 1.50 bits per heavy atom. The van der Waals surface area contributed by atoms with Crippen LogP contribution < -0.4 is 10.9 Å². The van der Waals surface area contributed by atoms with Crippen molar-refractivity contribution in [1.29, 1.82) is 0 Å². The average molecular weight is 321 g/mol. The van der Waals surface area contributed by atoms with Gasteiger partial charge in [-0.1, -0.05) is 12.8 Å². The van der Waals surface area contributed by atoms with Crippen LogP contribution in [0.3, 0.4) is 0 Å². The van der Waals surface area contributed by atoms with Crippen LogP contribution in [-0.2, 0) is 0 Å². The highest BCUT2D eigenvalue weighted by molar-refractivity contribution is 7.99. The van der Waals surface area contributed by atoms with Crippen LogP contribution in [-0.4, -0.2) is 33.4 Å². The van der Waals surface area contributed by atoms with Crippen LogP contribution in [0.25, 0.3) is 11.1 Å². The van der Waals surface area contributed by atoms with E-state index in [0.29, 0.717) is 12.3 Å². The molecule has 0 aromatic carbocycles. The number of nitrogens with zero attached hydrogens (tertiary/aromatic N) is 1. The standard InChI is InChI=1S/C15H19N3O3S/c1-9-11(12-14(20)17-8-18-15(12)21-9)13(19)16-6-7-22-10-4-2-3-5-10/h8,10H,2-7H2,1H3,(H,16,19)(H,17,18,20). The molecule has 0 aliphatic heterocycles. The van der Waals surface area contributed by atoms with Gasteiger partial charge < -0.3 is 14.7 Å². The van der Waals surface area contributed by atoms with Crippen molar-refractivity contribution in [3.8, 4) is 0 Å². The first-order valence-electron chi connectivity index (χ1n) is 7.53. The number of H-pyrrole nitrogens is 1. The zero-order chi connectivity index (χ0) is 15.5. The number of hydrogen-bond acceptors (Lipinski definition) is 5. The van der Waals surface area contributed by atoms with Gasteiger partial charge in [0.15, 0.2) is 0 Å². The van der Waals surface area contributed by atoms with E-state index in [9.17, 15) is 9.59 Å². The van der Waals surface area contributed by atoms with Gasteiger partial charge in [-0.15, -0.1) is 0 Å². The number of aromatic amines is 1. The maximum atomic E-state index is 12.3. The number of amides is 1. The topological polar surface area (TPSA) is 88.0 Å². The number of furan rings is 1. The number of thioether (sulfide) groups is 1. The maximum absolute atomic E-state index is 12.3. The Bertz CT molecular complexity index is 731. The van der Waals surface area contributed by atoms with Crippen LogP contribution in [0.1, 0.15) is 41.8 Å². The number of nitrogens with one attached hydrogen (secondary N) is 2. The second-order valence-corrected chi connectivity index (χ2v) is 6.89. The number of aromatic nitrogens is 2. The van der Waals surface area contributed by atoms with E-state index in [1.807, 2.05) is 11.8 Å². The summed E-state index contributed by atoms with van der Waals surface area (Å²) in [5.41, 5.74) is 0.134. The van der Waals surface area contributed by atoms with E-state index >= 15 is 0 Å². The average Bonchev–Trinajstić information content (AvgIpc) is 3.11. The molecule has 2 aromatic heterocycles. The normalized spacial score (nSPS) is 15.5. The molecule has 0 atom stereocenters. The molecule has 3 rings (SSSR count). The molecule has 1 aliphatic rings. The molecular weight excluding hydrogens is 302 g/mol. The Balaban J connectivity index is 1.65. The Morgan fingerprint density at radius 3 is 3.05 bits per heavy atom. The molecule has 0 unspecified atom stereocenters. The quantitative estimate of drug-likeness (QED) is 0.825. The van der Waals surface area contributed by atoms with Crippen LogP contribution in [0.15, 0.2) is 15.5 Å². The molecule has 0 radical (unpaired) electrons. The van der Waals surface area contributed by atoms with Crippen LogP contribution in [0.4, 0.5) is 0 Å². The van der Waals surface area contributed by atoms with Gasteiger partial charge in [0.05, 0.1) is 11.9 Å². The monoisotopic (exact) mass is 321 g/mol. The molecule has 1 saturated carbocycles. The van der Waals surface area contributed by atoms with E-state index in [1.165, 1.54) is 32.0 Å². The molecule has 2 aromatic rings. The fraction of sp³-hybridized carbons (Fsp3) is 0.533. The summed E-state index contributed by atoms with van der Waals surface area (Å²) >= 11 is 1.92. The lowest BCUT2D eigenvalue weighted by Crippen LogP contribution is -2.27. The Hall–Kier alpha value is -1.76. The molecule has 1 amide bonds. The minimum Gasteiger partial charge on any atom is -0.442 e. The summed E-state index contributed by atoms with van der Waals surface area (Å²) in [4.78, 5) is 30.6. The first kappa shape index (κ1) is 15.1. The third-order valence-corrected chi connectivity index (χ3v) is 5.32. The summed E-state index contributed by atoms with van der Waals surface area (Å²) in [5, 5.41) is 3.83. The summed E-state index contributed by atoms with van der Waals surface area (Å²) in [5.74, 6) is 1.03. The molecular formula is C15H19N3O3S. The first-order valence-corrected chi connectivity index (χ1v) is 8.58. The Kier molecular flexibility index (Phi) is 4.52. The zero-order valence-corrected chi connectivity index (χ0v) is 13.3. The second-order valence-electron chi connectivity index (χ2n) is 5.48. The van der Waals surface area contributed by atoms with Crippen molar-refractivity contribution in [2.45, 2.75) is 37.9 Å². The van der Waals surface area contributed by atoms with E-state index in [0.717, 1.165) is 11.0 Å². The van der Waals surface area contributed by atoms with Crippen molar-refractivity contribution >= 4 is 28.8 Å². The number of carbonyl (C=O) groups excluding carboxylic acids is 1. The molecule has 22 heavy (non-hydrogen) atoms. The van der Waals surface area contributed by atoms with Gasteiger partial charge in [0, 0.05) is 17.5 Å². The predicted octanol–water partition coefficient (Wildman–Crippen LogP) is 2.23. The molecule has 0 spiro atoms. The smallest absolute Gasteiger partial charge is 0.262 e. The van der Waals surface area contributed by atoms with E-state index in [1.54, 1.807) is 6.92 Å². The highest BCUT2D eigenvalue weighted by Crippen LogP contribution is 2.29. The minimum absolute atomic E-state index is 0.201. The van der Waals surface area contributed by atoms with E-state index < -0.39 is 0 Å². The molecule has 1 aliphatic carbocycles. The summed E-state index contributed by atoms with van der Waals surface area (Å²) in [7, 11) is 0. The lowest BCUT2D eigenvalue weighted by Gasteiger charge is -2.09. The van der Waals surface area contributed by atoms with Gasteiger partial charge >= 0.3 is 0 Å². The summed E-state index contributed by atoms with van der Waals surface area (Å²) in [6.45, 7) is 2.26. The van der Waals surface area contributed by atoms with Crippen LogP contribution in [0.5, 0.6) is 0 Å². The molecule has 0 saturated heterocycles. The lowest BCUT2D eigenvalue weighted by molar-refractivity contribution is 0.0956. The van der Waals surface area contributed by atoms with Crippen molar-refractivity contribution in [2.24, 2.45) is 0 Å². The van der Waals surface area contributed by atoms with Gasteiger partial charge in [-0.3, -0.25) is 9.59 Å². The highest BCUT2D eigenvalue weighted by Gasteiger charge is 2.21. The van der Waals surface area contributed by atoms with Crippen LogP contribution in [0, 0.1) is 6.92 Å². The van der Waals surface area contributed by atoms with E-state index in [2.05, 4.69) is 15.3 Å². The maximum Gasteiger partial charge on any atom is 0.262 e. The van der Waals surface area contributed by atoms with E-state index in [-0.39, 0.29) is 28.1 Å². The fourth-order valence-corrected chi connectivity index (χ4v) is 4.08. The van der Waals surface area contributed by atoms with Gasteiger partial charge in [0.2, 0.25) is 5.71 Å². The molecule has 7 heteroatoms. The third kappa shape index (κ3) is 3.04. The molecule has 6 nitrogen and oxygen atoms in total. The van der Waals surface area contributed by atoms with Crippen LogP contribution >= 0.6 is 11.8 Å². The zero-order valence-electron chi connectivity index (χ0n) is 12.5.